The first-order valence-electron chi connectivity index (χ1n) is 3.83. The molecule has 0 saturated heterocycles. The first-order chi connectivity index (χ1) is 6.93. The molecule has 5 nitrogen and oxygen atoms in total. The van der Waals surface area contributed by atoms with E-state index < -0.39 is 24.1 Å². The molecule has 7 heteroatoms. The van der Waals surface area contributed by atoms with Gasteiger partial charge in [0.25, 0.3) is 0 Å². The van der Waals surface area contributed by atoms with E-state index in [1.807, 2.05) is 0 Å². The molecule has 2 atom stereocenters. The van der Waals surface area contributed by atoms with E-state index in [1.165, 1.54) is 0 Å². The maximum Gasteiger partial charge on any atom is 0.335 e. The molecule has 3 N–H and O–H groups in total. The minimum atomic E-state index is -2.07. The largest absolute Gasteiger partial charge is 0.479 e. The number of rotatable bonds is 3. The number of aliphatic carboxylic acids is 1. The predicted octanol–water partition coefficient (Wildman–Crippen LogP) is 0.353. The molecular formula is C8H7ClFNO4. The zero-order valence-electron chi connectivity index (χ0n) is 7.26. The number of carbonyl (C=O) groups is 1. The number of halogens is 2. The summed E-state index contributed by atoms with van der Waals surface area (Å²) in [5.41, 5.74) is -0.223. The van der Waals surface area contributed by atoms with E-state index in [2.05, 4.69) is 4.98 Å². The standard InChI is InChI=1S/C8H7ClFNO4/c9-4-2-11-5(10)1-3(4)6(12)7(13)8(14)15/h1-2,6-7,12-13H,(H,14,15). The van der Waals surface area contributed by atoms with Gasteiger partial charge in [0.15, 0.2) is 6.10 Å². The Morgan fingerprint density at radius 3 is 2.67 bits per heavy atom. The molecule has 0 amide bonds. The fraction of sp³-hybridized carbons (Fsp3) is 0.250. The van der Waals surface area contributed by atoms with Crippen molar-refractivity contribution >= 4 is 17.6 Å². The number of hydrogen-bond acceptors (Lipinski definition) is 4. The van der Waals surface area contributed by atoms with Crippen molar-refractivity contribution in [2.75, 3.05) is 0 Å². The molecule has 0 aliphatic carbocycles. The summed E-state index contributed by atoms with van der Waals surface area (Å²) < 4.78 is 12.7. The zero-order chi connectivity index (χ0) is 11.6. The molecule has 0 aromatic carbocycles. The fourth-order valence-electron chi connectivity index (χ4n) is 0.959. The highest BCUT2D eigenvalue weighted by Crippen LogP contribution is 2.25. The molecule has 0 aliphatic rings. The lowest BCUT2D eigenvalue weighted by molar-refractivity contribution is -0.153. The highest BCUT2D eigenvalue weighted by atomic mass is 35.5. The molecule has 0 radical (unpaired) electrons. The van der Waals surface area contributed by atoms with E-state index in [-0.39, 0.29) is 10.6 Å². The summed E-state index contributed by atoms with van der Waals surface area (Å²) in [6.45, 7) is 0. The first-order valence-corrected chi connectivity index (χ1v) is 4.21. The Morgan fingerprint density at radius 2 is 2.13 bits per heavy atom. The minimum absolute atomic E-state index is 0.121. The number of pyridine rings is 1. The molecule has 0 saturated carbocycles. The van der Waals surface area contributed by atoms with Crippen molar-refractivity contribution in [3.8, 4) is 0 Å². The lowest BCUT2D eigenvalue weighted by Crippen LogP contribution is -2.27. The van der Waals surface area contributed by atoms with Gasteiger partial charge in [0, 0.05) is 17.8 Å². The molecule has 1 rings (SSSR count). The molecule has 0 fully saturated rings. The lowest BCUT2D eigenvalue weighted by Gasteiger charge is -2.15. The summed E-state index contributed by atoms with van der Waals surface area (Å²) in [6.07, 6.45) is -2.94. The molecule has 82 valence electrons. The second-order valence-corrected chi connectivity index (χ2v) is 3.16. The number of carboxylic acid groups (broad SMARTS) is 1. The van der Waals surface area contributed by atoms with Gasteiger partial charge < -0.3 is 15.3 Å². The van der Waals surface area contributed by atoms with Crippen LogP contribution >= 0.6 is 11.6 Å². The summed E-state index contributed by atoms with van der Waals surface area (Å²) in [6, 6.07) is 0.763. The quantitative estimate of drug-likeness (QED) is 0.658. The van der Waals surface area contributed by atoms with Crippen LogP contribution in [0.1, 0.15) is 11.7 Å². The van der Waals surface area contributed by atoms with Crippen LogP contribution in [0.5, 0.6) is 0 Å². The Bertz CT molecular complexity index is 387. The Kier molecular flexibility index (Phi) is 3.57. The van der Waals surface area contributed by atoms with E-state index in [9.17, 15) is 14.3 Å². The maximum atomic E-state index is 12.7. The van der Waals surface area contributed by atoms with Gasteiger partial charge in [-0.15, -0.1) is 0 Å². The number of aromatic nitrogens is 1. The van der Waals surface area contributed by atoms with Crippen molar-refractivity contribution in [1.82, 2.24) is 4.98 Å². The first kappa shape index (κ1) is 11.8. The van der Waals surface area contributed by atoms with Crippen LogP contribution in [0.4, 0.5) is 4.39 Å². The lowest BCUT2D eigenvalue weighted by atomic mass is 10.1. The fourth-order valence-corrected chi connectivity index (χ4v) is 1.17. The molecule has 0 aliphatic heterocycles. The van der Waals surface area contributed by atoms with Gasteiger partial charge in [-0.3, -0.25) is 0 Å². The van der Waals surface area contributed by atoms with Gasteiger partial charge in [0.05, 0.1) is 5.02 Å². The highest BCUT2D eigenvalue weighted by Gasteiger charge is 2.27. The van der Waals surface area contributed by atoms with Gasteiger partial charge in [0.1, 0.15) is 6.10 Å². The average Bonchev–Trinajstić information content (AvgIpc) is 2.19. The van der Waals surface area contributed by atoms with Crippen molar-refractivity contribution in [3.63, 3.8) is 0 Å². The topological polar surface area (TPSA) is 90.7 Å². The maximum absolute atomic E-state index is 12.7. The van der Waals surface area contributed by atoms with Crippen LogP contribution in [0.15, 0.2) is 12.3 Å². The Morgan fingerprint density at radius 1 is 1.53 bits per heavy atom. The molecule has 2 unspecified atom stereocenters. The molecule has 0 bridgehead atoms. The summed E-state index contributed by atoms with van der Waals surface area (Å²) >= 11 is 5.55. The van der Waals surface area contributed by atoms with Crippen molar-refractivity contribution < 1.29 is 24.5 Å². The van der Waals surface area contributed by atoms with Gasteiger partial charge >= 0.3 is 5.97 Å². The third-order valence-corrected chi connectivity index (χ3v) is 2.04. The van der Waals surface area contributed by atoms with E-state index >= 15 is 0 Å². The predicted molar refractivity (Wildman–Crippen MR) is 47.8 cm³/mol. The molecule has 1 heterocycles. The molecule has 1 aromatic rings. The van der Waals surface area contributed by atoms with Crippen LogP contribution in [0, 0.1) is 5.95 Å². The summed E-state index contributed by atoms with van der Waals surface area (Å²) in [5, 5.41) is 26.7. The van der Waals surface area contributed by atoms with Gasteiger partial charge in [-0.25, -0.2) is 9.78 Å². The van der Waals surface area contributed by atoms with E-state index in [0.29, 0.717) is 0 Å². The van der Waals surface area contributed by atoms with Gasteiger partial charge in [-0.1, -0.05) is 11.6 Å². The van der Waals surface area contributed by atoms with Crippen LogP contribution in [0.3, 0.4) is 0 Å². The van der Waals surface area contributed by atoms with Crippen LogP contribution in [-0.2, 0) is 4.79 Å². The minimum Gasteiger partial charge on any atom is -0.479 e. The van der Waals surface area contributed by atoms with Gasteiger partial charge in [-0.2, -0.15) is 4.39 Å². The second-order valence-electron chi connectivity index (χ2n) is 2.76. The summed E-state index contributed by atoms with van der Waals surface area (Å²) in [4.78, 5) is 13.5. The number of aliphatic hydroxyl groups excluding tert-OH is 2. The molecule has 1 aromatic heterocycles. The van der Waals surface area contributed by atoms with E-state index in [4.69, 9.17) is 21.8 Å². The second kappa shape index (κ2) is 4.52. The van der Waals surface area contributed by atoms with Crippen molar-refractivity contribution in [2.24, 2.45) is 0 Å². The molecule has 15 heavy (non-hydrogen) atoms. The highest BCUT2D eigenvalue weighted by molar-refractivity contribution is 6.31. The summed E-state index contributed by atoms with van der Waals surface area (Å²) in [5.74, 6) is -2.55. The Hall–Kier alpha value is -1.24. The summed E-state index contributed by atoms with van der Waals surface area (Å²) in [7, 11) is 0. The van der Waals surface area contributed by atoms with E-state index in [1.54, 1.807) is 0 Å². The molecular weight excluding hydrogens is 229 g/mol. The zero-order valence-corrected chi connectivity index (χ0v) is 8.02. The third-order valence-electron chi connectivity index (χ3n) is 1.72. The number of aliphatic hydroxyl groups is 2. The SMILES string of the molecule is O=C(O)C(O)C(O)c1cc(F)ncc1Cl. The average molecular weight is 236 g/mol. The van der Waals surface area contributed by atoms with Crippen molar-refractivity contribution in [2.45, 2.75) is 12.2 Å². The molecule has 0 spiro atoms. The van der Waals surface area contributed by atoms with Crippen LogP contribution < -0.4 is 0 Å². The van der Waals surface area contributed by atoms with Crippen molar-refractivity contribution in [1.29, 1.82) is 0 Å². The van der Waals surface area contributed by atoms with Crippen LogP contribution in [0.25, 0.3) is 0 Å². The Labute approximate surface area is 88.8 Å². The van der Waals surface area contributed by atoms with Crippen molar-refractivity contribution in [3.05, 3.63) is 28.8 Å². The third kappa shape index (κ3) is 2.62. The van der Waals surface area contributed by atoms with Gasteiger partial charge in [0.2, 0.25) is 5.95 Å². The number of hydrogen-bond donors (Lipinski definition) is 3. The number of carboxylic acids is 1. The van der Waals surface area contributed by atoms with Gasteiger partial charge in [-0.05, 0) is 0 Å². The normalized spacial score (nSPS) is 14.7. The monoisotopic (exact) mass is 235 g/mol. The smallest absolute Gasteiger partial charge is 0.335 e. The number of nitrogens with zero attached hydrogens (tertiary/aromatic N) is 1. The van der Waals surface area contributed by atoms with Crippen LogP contribution in [-0.4, -0.2) is 32.4 Å². The van der Waals surface area contributed by atoms with Crippen LogP contribution in [0.2, 0.25) is 5.02 Å². The van der Waals surface area contributed by atoms with E-state index in [0.717, 1.165) is 12.3 Å². The Balaban J connectivity index is 3.04.